The summed E-state index contributed by atoms with van der Waals surface area (Å²) in [6.45, 7) is 12.6. The molecule has 0 heterocycles. The van der Waals surface area contributed by atoms with Crippen molar-refractivity contribution in [1.29, 1.82) is 0 Å². The van der Waals surface area contributed by atoms with Crippen molar-refractivity contribution in [2.75, 3.05) is 6.54 Å². The maximum absolute atomic E-state index is 3.86. The van der Waals surface area contributed by atoms with Gasteiger partial charge >= 0.3 is 0 Å². The van der Waals surface area contributed by atoms with Gasteiger partial charge in [0.2, 0.25) is 0 Å². The van der Waals surface area contributed by atoms with E-state index in [1.807, 2.05) is 0 Å². The minimum Gasteiger partial charge on any atom is -0.310 e. The molecule has 0 aliphatic heterocycles. The first-order valence-corrected chi connectivity index (χ1v) is 8.84. The molecule has 1 fully saturated rings. The van der Waals surface area contributed by atoms with Gasteiger partial charge in [-0.25, -0.2) is 0 Å². The van der Waals surface area contributed by atoms with E-state index >= 15 is 0 Å². The summed E-state index contributed by atoms with van der Waals surface area (Å²) >= 11 is 0. The van der Waals surface area contributed by atoms with Crippen molar-refractivity contribution >= 4 is 0 Å². The zero-order chi connectivity index (χ0) is 15.4. The molecule has 1 heteroatoms. The Balaban J connectivity index is 2.25. The third-order valence-corrected chi connectivity index (χ3v) is 5.36. The van der Waals surface area contributed by atoms with Crippen molar-refractivity contribution in [3.05, 3.63) is 34.4 Å². The fourth-order valence-electron chi connectivity index (χ4n) is 3.77. The van der Waals surface area contributed by atoms with Crippen LogP contribution in [0.4, 0.5) is 0 Å². The number of nitrogens with one attached hydrogen (secondary N) is 1. The molecule has 118 valence electrons. The van der Waals surface area contributed by atoms with Crippen LogP contribution in [-0.2, 0) is 0 Å². The predicted molar refractivity (Wildman–Crippen MR) is 92.8 cm³/mol. The summed E-state index contributed by atoms with van der Waals surface area (Å²) in [4.78, 5) is 0. The lowest BCUT2D eigenvalue weighted by Gasteiger charge is -2.35. The molecule has 0 radical (unpaired) electrons. The van der Waals surface area contributed by atoms with E-state index in [4.69, 9.17) is 0 Å². The minimum absolute atomic E-state index is 0.553. The number of rotatable bonds is 5. The molecule has 1 N–H and O–H groups in total. The van der Waals surface area contributed by atoms with Gasteiger partial charge in [0.25, 0.3) is 0 Å². The van der Waals surface area contributed by atoms with Gasteiger partial charge in [-0.3, -0.25) is 0 Å². The van der Waals surface area contributed by atoms with Gasteiger partial charge in [0, 0.05) is 6.04 Å². The molecule has 0 amide bonds. The third kappa shape index (κ3) is 4.10. The molecule has 1 saturated carbocycles. The highest BCUT2D eigenvalue weighted by Gasteiger charge is 2.27. The highest BCUT2D eigenvalue weighted by Crippen LogP contribution is 2.38. The Morgan fingerprint density at radius 1 is 1.00 bits per heavy atom. The minimum atomic E-state index is 0.553. The first-order valence-electron chi connectivity index (χ1n) is 8.84. The van der Waals surface area contributed by atoms with E-state index in [9.17, 15) is 0 Å². The summed E-state index contributed by atoms with van der Waals surface area (Å²) in [5, 5.41) is 3.86. The molecule has 1 atom stereocenters. The van der Waals surface area contributed by atoms with Crippen LogP contribution in [0.3, 0.4) is 0 Å². The largest absolute Gasteiger partial charge is 0.310 e. The van der Waals surface area contributed by atoms with Crippen molar-refractivity contribution in [3.8, 4) is 0 Å². The highest BCUT2D eigenvalue weighted by atomic mass is 14.9. The van der Waals surface area contributed by atoms with E-state index in [1.165, 1.54) is 48.8 Å². The molecule has 1 unspecified atom stereocenters. The highest BCUT2D eigenvalue weighted by molar-refractivity contribution is 5.38. The Kier molecular flexibility index (Phi) is 5.87. The van der Waals surface area contributed by atoms with Crippen LogP contribution >= 0.6 is 0 Å². The van der Waals surface area contributed by atoms with Crippen molar-refractivity contribution in [2.24, 2.45) is 11.8 Å². The fraction of sp³-hybridized carbons (Fsp3) is 0.700. The van der Waals surface area contributed by atoms with Gasteiger partial charge in [0.05, 0.1) is 0 Å². The topological polar surface area (TPSA) is 12.0 Å². The average Bonchev–Trinajstić information content (AvgIpc) is 2.46. The van der Waals surface area contributed by atoms with Gasteiger partial charge in [0.1, 0.15) is 0 Å². The van der Waals surface area contributed by atoms with E-state index in [0.29, 0.717) is 6.04 Å². The summed E-state index contributed by atoms with van der Waals surface area (Å²) < 4.78 is 0. The van der Waals surface area contributed by atoms with Gasteiger partial charge in [-0.2, -0.15) is 0 Å². The van der Waals surface area contributed by atoms with Crippen LogP contribution in [0.5, 0.6) is 0 Å². The average molecular weight is 287 g/mol. The van der Waals surface area contributed by atoms with Crippen LogP contribution in [0.25, 0.3) is 0 Å². The van der Waals surface area contributed by atoms with E-state index in [0.717, 1.165) is 18.4 Å². The summed E-state index contributed by atoms with van der Waals surface area (Å²) in [6.07, 6.45) is 6.78. The lowest BCUT2D eigenvalue weighted by molar-refractivity contribution is 0.231. The van der Waals surface area contributed by atoms with Crippen molar-refractivity contribution in [2.45, 2.75) is 72.8 Å². The smallest absolute Gasteiger partial charge is 0.0351 e. The second kappa shape index (κ2) is 7.45. The Morgan fingerprint density at radius 3 is 2.24 bits per heavy atom. The zero-order valence-corrected chi connectivity index (χ0v) is 14.6. The molecule has 21 heavy (non-hydrogen) atoms. The van der Waals surface area contributed by atoms with Gasteiger partial charge in [-0.15, -0.1) is 0 Å². The summed E-state index contributed by atoms with van der Waals surface area (Å²) in [5.41, 5.74) is 5.86. The molecule has 1 aromatic carbocycles. The zero-order valence-electron chi connectivity index (χ0n) is 14.6. The fourth-order valence-corrected chi connectivity index (χ4v) is 3.77. The second-order valence-electron chi connectivity index (χ2n) is 7.24. The van der Waals surface area contributed by atoms with Crippen LogP contribution < -0.4 is 5.32 Å². The first-order chi connectivity index (χ1) is 10.0. The monoisotopic (exact) mass is 287 g/mol. The Labute approximate surface area is 131 Å². The van der Waals surface area contributed by atoms with Gasteiger partial charge in [-0.1, -0.05) is 38.8 Å². The Morgan fingerprint density at radius 2 is 1.62 bits per heavy atom. The van der Waals surface area contributed by atoms with Crippen LogP contribution in [-0.4, -0.2) is 6.54 Å². The SMILES string of the molecule is CCCNC(c1cc(C)c(C)cc1C)C1CCC(C)CC1. The number of hydrogen-bond acceptors (Lipinski definition) is 1. The third-order valence-electron chi connectivity index (χ3n) is 5.36. The van der Waals surface area contributed by atoms with Gasteiger partial charge in [0.15, 0.2) is 0 Å². The maximum atomic E-state index is 3.86. The number of aryl methyl sites for hydroxylation is 3. The summed E-state index contributed by atoms with van der Waals surface area (Å²) in [7, 11) is 0. The molecule has 1 aliphatic rings. The number of benzene rings is 1. The lowest BCUT2D eigenvalue weighted by atomic mass is 9.76. The van der Waals surface area contributed by atoms with Gasteiger partial charge < -0.3 is 5.32 Å². The van der Waals surface area contributed by atoms with Crippen molar-refractivity contribution < 1.29 is 0 Å². The molecule has 0 aromatic heterocycles. The lowest BCUT2D eigenvalue weighted by Crippen LogP contribution is -2.32. The van der Waals surface area contributed by atoms with Crippen LogP contribution in [0, 0.1) is 32.6 Å². The molecule has 1 nitrogen and oxygen atoms in total. The van der Waals surface area contributed by atoms with E-state index < -0.39 is 0 Å². The van der Waals surface area contributed by atoms with Crippen LogP contribution in [0.1, 0.15) is 74.2 Å². The molecular weight excluding hydrogens is 254 g/mol. The molecule has 1 aliphatic carbocycles. The van der Waals surface area contributed by atoms with Crippen molar-refractivity contribution in [1.82, 2.24) is 5.32 Å². The number of hydrogen-bond donors (Lipinski definition) is 1. The van der Waals surface area contributed by atoms with Crippen molar-refractivity contribution in [3.63, 3.8) is 0 Å². The van der Waals surface area contributed by atoms with Crippen LogP contribution in [0.15, 0.2) is 12.1 Å². The molecular formula is C20H33N. The quantitative estimate of drug-likeness (QED) is 0.756. The standard InChI is InChI=1S/C20H33N/c1-6-11-21-20(18-9-7-14(2)8-10-18)19-13-16(4)15(3)12-17(19)5/h12-14,18,20-21H,6-11H2,1-5H3. The Hall–Kier alpha value is -0.820. The van der Waals surface area contributed by atoms with Crippen LogP contribution in [0.2, 0.25) is 0 Å². The van der Waals surface area contributed by atoms with E-state index in [2.05, 4.69) is 52.1 Å². The summed E-state index contributed by atoms with van der Waals surface area (Å²) in [6, 6.07) is 5.36. The van der Waals surface area contributed by atoms with Gasteiger partial charge in [-0.05, 0) is 80.7 Å². The molecule has 0 bridgehead atoms. The second-order valence-corrected chi connectivity index (χ2v) is 7.24. The molecule has 1 aromatic rings. The maximum Gasteiger partial charge on any atom is 0.0351 e. The molecule has 0 saturated heterocycles. The first kappa shape index (κ1) is 16.5. The normalized spacial score (nSPS) is 24.0. The summed E-state index contributed by atoms with van der Waals surface area (Å²) in [5.74, 6) is 1.74. The van der Waals surface area contributed by atoms with E-state index in [1.54, 1.807) is 5.56 Å². The molecule has 0 spiro atoms. The Bertz CT molecular complexity index is 455. The predicted octanol–water partition coefficient (Wildman–Crippen LogP) is 5.48. The van der Waals surface area contributed by atoms with E-state index in [-0.39, 0.29) is 0 Å². The molecule has 2 rings (SSSR count).